The fraction of sp³-hybridized carbons (Fsp3) is 0.351. The number of unbranched alkanes of at least 4 members (excludes halogenated alkanes) is 1. The van der Waals surface area contributed by atoms with Gasteiger partial charge in [0.2, 0.25) is 23.7 Å². The number of amides is 5. The molecule has 286 valence electrons. The van der Waals surface area contributed by atoms with Gasteiger partial charge in [0.1, 0.15) is 12.1 Å². The highest BCUT2D eigenvalue weighted by Gasteiger charge is 2.39. The van der Waals surface area contributed by atoms with Gasteiger partial charge < -0.3 is 37.0 Å². The lowest BCUT2D eigenvalue weighted by Crippen LogP contribution is -2.52. The number of imide groups is 1. The van der Waals surface area contributed by atoms with E-state index in [0.717, 1.165) is 16.8 Å². The normalized spacial score (nSPS) is 15.7. The molecule has 2 aromatic carbocycles. The molecule has 5 amide bonds. The monoisotopic (exact) mass is 751 g/mol. The van der Waals surface area contributed by atoms with Crippen LogP contribution in [0.5, 0.6) is 0 Å². The van der Waals surface area contributed by atoms with Gasteiger partial charge in [0.25, 0.3) is 11.8 Å². The molecule has 0 saturated carbocycles. The maximum atomic E-state index is 13.1. The lowest BCUT2D eigenvalue weighted by Gasteiger charge is -2.29. The van der Waals surface area contributed by atoms with E-state index in [9.17, 15) is 33.9 Å². The maximum Gasteiger partial charge on any atom is 0.326 e. The molecule has 18 heteroatoms. The second-order valence-corrected chi connectivity index (χ2v) is 13.5. The third-order valence-electron chi connectivity index (χ3n) is 9.61. The van der Waals surface area contributed by atoms with Gasteiger partial charge in [-0.25, -0.2) is 14.8 Å². The van der Waals surface area contributed by atoms with Gasteiger partial charge in [-0.15, -0.1) is 0 Å². The second-order valence-electron chi connectivity index (χ2n) is 13.5. The first kappa shape index (κ1) is 38.0. The van der Waals surface area contributed by atoms with Crippen LogP contribution in [0, 0.1) is 0 Å². The minimum absolute atomic E-state index is 0.00516. The summed E-state index contributed by atoms with van der Waals surface area (Å²) in [6.45, 7) is 1.01. The number of aromatic nitrogens is 4. The molecule has 2 aliphatic heterocycles. The lowest BCUT2D eigenvalue weighted by atomic mass is 9.99. The van der Waals surface area contributed by atoms with Crippen molar-refractivity contribution in [2.45, 2.75) is 70.1 Å². The Morgan fingerprint density at radius 1 is 1.05 bits per heavy atom. The molecule has 6 rings (SSSR count). The summed E-state index contributed by atoms with van der Waals surface area (Å²) in [5.74, 6) is -3.08. The van der Waals surface area contributed by atoms with E-state index in [0.29, 0.717) is 62.1 Å². The number of aryl methyl sites for hydroxylation is 1. The molecule has 55 heavy (non-hydrogen) atoms. The molecule has 4 aromatic rings. The number of nitrogens with zero attached hydrogens (tertiary/aromatic N) is 6. The van der Waals surface area contributed by atoms with Crippen LogP contribution in [-0.4, -0.2) is 91.1 Å². The van der Waals surface area contributed by atoms with Gasteiger partial charge in [-0.05, 0) is 73.6 Å². The molecule has 0 aliphatic carbocycles. The Kier molecular flexibility index (Phi) is 11.4. The quantitative estimate of drug-likeness (QED) is 0.0733. The number of piperidine rings is 1. The largest absolute Gasteiger partial charge is 0.480 e. The Balaban J connectivity index is 0.925. The third-order valence-corrected chi connectivity index (χ3v) is 9.61. The fourth-order valence-electron chi connectivity index (χ4n) is 6.68. The van der Waals surface area contributed by atoms with Crippen molar-refractivity contribution in [3.8, 4) is 0 Å². The smallest absolute Gasteiger partial charge is 0.326 e. The number of carboxylic acid groups (broad SMARTS) is 1. The Morgan fingerprint density at radius 3 is 2.58 bits per heavy atom. The van der Waals surface area contributed by atoms with Crippen LogP contribution in [0.4, 0.5) is 17.5 Å². The first-order valence-electron chi connectivity index (χ1n) is 17.8. The van der Waals surface area contributed by atoms with E-state index < -0.39 is 29.9 Å². The van der Waals surface area contributed by atoms with Gasteiger partial charge in [-0.1, -0.05) is 12.1 Å². The Bertz CT molecular complexity index is 2160. The maximum absolute atomic E-state index is 13.1. The van der Waals surface area contributed by atoms with Crippen molar-refractivity contribution in [3.05, 3.63) is 76.6 Å². The number of aliphatic carboxylic acids is 1. The topological polar surface area (TPSA) is 269 Å². The van der Waals surface area contributed by atoms with E-state index >= 15 is 0 Å². The first-order valence-corrected chi connectivity index (χ1v) is 17.8. The van der Waals surface area contributed by atoms with Gasteiger partial charge in [-0.2, -0.15) is 9.97 Å². The van der Waals surface area contributed by atoms with Crippen molar-refractivity contribution in [3.63, 3.8) is 0 Å². The number of nitrogen functional groups attached to an aromatic ring is 2. The van der Waals surface area contributed by atoms with Crippen LogP contribution in [0.1, 0.15) is 76.1 Å². The standard InChI is InChI=1S/C37H41N11O7/c1-47(18-22-17-41-32-30(42-22)31(38)45-37(39)46-32)23-10-8-21(9-11-23)33(51)43-26(36(54)55)12-14-28(49)40-16-3-2-5-20-6-4-7-24-25(20)19-48(35(24)53)27-13-15-29(50)44-34(27)52/h4,6-11,17,26-27H,2-3,5,12-16,18-19H2,1H3,(H,40,49)(H,43,51)(H,54,55)(H,44,50,52)(H4,38,39,41,45,46). The molecule has 2 aliphatic rings. The minimum atomic E-state index is -1.28. The molecule has 2 atom stereocenters. The highest BCUT2D eigenvalue weighted by Crippen LogP contribution is 2.30. The predicted octanol–water partition coefficient (Wildman–Crippen LogP) is 1.08. The Hall–Kier alpha value is -6.72. The molecule has 0 radical (unpaired) electrons. The summed E-state index contributed by atoms with van der Waals surface area (Å²) in [4.78, 5) is 94.6. The number of nitrogens with one attached hydrogen (secondary N) is 3. The highest BCUT2D eigenvalue weighted by molar-refractivity contribution is 6.05. The van der Waals surface area contributed by atoms with E-state index in [1.54, 1.807) is 36.5 Å². The van der Waals surface area contributed by atoms with E-state index in [1.165, 1.54) is 4.90 Å². The van der Waals surface area contributed by atoms with E-state index in [-0.39, 0.29) is 60.0 Å². The second kappa shape index (κ2) is 16.5. The Labute approximate surface area is 315 Å². The fourth-order valence-corrected chi connectivity index (χ4v) is 6.68. The van der Waals surface area contributed by atoms with Crippen molar-refractivity contribution in [1.29, 1.82) is 0 Å². The number of anilines is 3. The van der Waals surface area contributed by atoms with Crippen LogP contribution in [-0.2, 0) is 38.7 Å². The van der Waals surface area contributed by atoms with Crippen LogP contribution in [0.3, 0.4) is 0 Å². The van der Waals surface area contributed by atoms with Crippen molar-refractivity contribution < 1.29 is 33.9 Å². The molecule has 0 spiro atoms. The SMILES string of the molecule is CN(Cc1cnc2nc(N)nc(N)c2n1)c1ccc(C(=O)NC(CCC(=O)NCCCCc2cccc3c2CN(C2CCC(=O)NC2=O)C3=O)C(=O)O)cc1. The number of hydrogen-bond donors (Lipinski definition) is 6. The number of carboxylic acids is 1. The number of benzene rings is 2. The van der Waals surface area contributed by atoms with Gasteiger partial charge in [0.15, 0.2) is 17.0 Å². The number of carbonyl (C=O) groups excluding carboxylic acids is 5. The van der Waals surface area contributed by atoms with Gasteiger partial charge in [0.05, 0.1) is 18.4 Å². The first-order chi connectivity index (χ1) is 26.4. The van der Waals surface area contributed by atoms with Crippen LogP contribution < -0.4 is 32.3 Å². The molecular weight excluding hydrogens is 710 g/mol. The summed E-state index contributed by atoms with van der Waals surface area (Å²) in [6, 6.07) is 10.1. The molecule has 8 N–H and O–H groups in total. The van der Waals surface area contributed by atoms with E-state index in [4.69, 9.17) is 11.5 Å². The van der Waals surface area contributed by atoms with Crippen LogP contribution in [0.25, 0.3) is 11.2 Å². The summed E-state index contributed by atoms with van der Waals surface area (Å²) >= 11 is 0. The summed E-state index contributed by atoms with van der Waals surface area (Å²) in [5, 5.41) is 17.4. The number of nitrogens with two attached hydrogens (primary N) is 2. The molecule has 2 aromatic heterocycles. The van der Waals surface area contributed by atoms with Crippen LogP contribution in [0.15, 0.2) is 48.7 Å². The Morgan fingerprint density at radius 2 is 1.84 bits per heavy atom. The number of rotatable bonds is 15. The zero-order valence-electron chi connectivity index (χ0n) is 30.1. The van der Waals surface area contributed by atoms with E-state index in [1.807, 2.05) is 24.1 Å². The summed E-state index contributed by atoms with van der Waals surface area (Å²) in [7, 11) is 1.83. The average molecular weight is 752 g/mol. The molecular formula is C37H41N11O7. The van der Waals surface area contributed by atoms with Crippen LogP contribution >= 0.6 is 0 Å². The third kappa shape index (κ3) is 8.91. The van der Waals surface area contributed by atoms with Gasteiger partial charge in [-0.3, -0.25) is 29.3 Å². The summed E-state index contributed by atoms with van der Waals surface area (Å²) in [5.41, 5.74) is 16.2. The van der Waals surface area contributed by atoms with Crippen molar-refractivity contribution in [1.82, 2.24) is 40.8 Å². The van der Waals surface area contributed by atoms with Gasteiger partial charge >= 0.3 is 5.97 Å². The molecule has 1 fully saturated rings. The number of fused-ring (bicyclic) bond motifs is 2. The molecule has 4 heterocycles. The van der Waals surface area contributed by atoms with Crippen LogP contribution in [0.2, 0.25) is 0 Å². The molecule has 0 bridgehead atoms. The van der Waals surface area contributed by atoms with Crippen molar-refractivity contribution >= 4 is 64.1 Å². The molecule has 2 unspecified atom stereocenters. The summed E-state index contributed by atoms with van der Waals surface area (Å²) < 4.78 is 0. The number of hydrogen-bond acceptors (Lipinski definition) is 13. The highest BCUT2D eigenvalue weighted by atomic mass is 16.4. The van der Waals surface area contributed by atoms with Crippen molar-refractivity contribution in [2.24, 2.45) is 0 Å². The predicted molar refractivity (Wildman–Crippen MR) is 199 cm³/mol. The zero-order valence-corrected chi connectivity index (χ0v) is 30.1. The average Bonchev–Trinajstić information content (AvgIpc) is 3.49. The van der Waals surface area contributed by atoms with E-state index in [2.05, 4.69) is 35.9 Å². The summed E-state index contributed by atoms with van der Waals surface area (Å²) in [6.07, 6.45) is 3.84. The minimum Gasteiger partial charge on any atom is -0.480 e. The van der Waals surface area contributed by atoms with Crippen molar-refractivity contribution in [2.75, 3.05) is 30.0 Å². The molecule has 1 saturated heterocycles. The van der Waals surface area contributed by atoms with Gasteiger partial charge in [0, 0.05) is 49.8 Å². The molecule has 18 nitrogen and oxygen atoms in total. The number of carbonyl (C=O) groups is 6. The zero-order chi connectivity index (χ0) is 39.2. The lowest BCUT2D eigenvalue weighted by molar-refractivity contribution is -0.140.